The van der Waals surface area contributed by atoms with Crippen LogP contribution in [0.15, 0.2) is 48.5 Å². The minimum Gasteiger partial charge on any atom is -0.368 e. The second-order valence-corrected chi connectivity index (χ2v) is 4.84. The van der Waals surface area contributed by atoms with Gasteiger partial charge in [0.15, 0.2) is 0 Å². The standard InChI is InChI=1S/C15H14ClFN2O/c16-12-6-11(7-13(17)8-12)14(15(18)20)19-9-10-4-2-1-3-5-10/h1-8,14,19H,9H2,(H2,18,20). The van der Waals surface area contributed by atoms with Crippen LogP contribution in [0.3, 0.4) is 0 Å². The lowest BCUT2D eigenvalue weighted by Gasteiger charge is -2.16. The topological polar surface area (TPSA) is 55.1 Å². The lowest BCUT2D eigenvalue weighted by Crippen LogP contribution is -2.33. The van der Waals surface area contributed by atoms with E-state index >= 15 is 0 Å². The Hall–Kier alpha value is -1.91. The van der Waals surface area contributed by atoms with Crippen LogP contribution in [-0.2, 0) is 11.3 Å². The monoisotopic (exact) mass is 292 g/mol. The molecule has 1 atom stereocenters. The Balaban J connectivity index is 2.17. The van der Waals surface area contributed by atoms with Gasteiger partial charge < -0.3 is 5.73 Å². The van der Waals surface area contributed by atoms with Crippen LogP contribution in [0.4, 0.5) is 4.39 Å². The molecule has 0 aliphatic rings. The van der Waals surface area contributed by atoms with Crippen LogP contribution in [-0.4, -0.2) is 5.91 Å². The molecule has 0 aromatic heterocycles. The Labute approximate surface area is 121 Å². The number of benzene rings is 2. The van der Waals surface area contributed by atoms with Crippen LogP contribution >= 0.6 is 11.6 Å². The molecular formula is C15H14ClFN2O. The quantitative estimate of drug-likeness (QED) is 0.890. The van der Waals surface area contributed by atoms with Crippen molar-refractivity contribution in [2.75, 3.05) is 0 Å². The summed E-state index contributed by atoms with van der Waals surface area (Å²) in [5.41, 5.74) is 6.78. The van der Waals surface area contributed by atoms with Crippen LogP contribution in [0.2, 0.25) is 5.02 Å². The minimum absolute atomic E-state index is 0.229. The molecule has 1 unspecified atom stereocenters. The number of nitrogens with two attached hydrogens (primary N) is 1. The first-order valence-corrected chi connectivity index (χ1v) is 6.46. The van der Waals surface area contributed by atoms with Crippen LogP contribution in [0.25, 0.3) is 0 Å². The minimum atomic E-state index is -0.789. The smallest absolute Gasteiger partial charge is 0.239 e. The fourth-order valence-corrected chi connectivity index (χ4v) is 2.17. The van der Waals surface area contributed by atoms with E-state index in [9.17, 15) is 9.18 Å². The maximum atomic E-state index is 13.4. The Morgan fingerprint density at radius 2 is 1.95 bits per heavy atom. The highest BCUT2D eigenvalue weighted by Gasteiger charge is 2.18. The highest BCUT2D eigenvalue weighted by molar-refractivity contribution is 6.30. The number of nitrogens with one attached hydrogen (secondary N) is 1. The van der Waals surface area contributed by atoms with E-state index in [0.717, 1.165) is 5.56 Å². The molecule has 0 aliphatic heterocycles. The number of rotatable bonds is 5. The molecule has 104 valence electrons. The molecule has 0 bridgehead atoms. The third-order valence-corrected chi connectivity index (χ3v) is 3.07. The number of amides is 1. The number of carbonyl (C=O) groups excluding carboxylic acids is 1. The molecule has 0 fully saturated rings. The zero-order valence-electron chi connectivity index (χ0n) is 10.6. The van der Waals surface area contributed by atoms with Crippen molar-refractivity contribution in [2.24, 2.45) is 5.73 Å². The van der Waals surface area contributed by atoms with Crippen molar-refractivity contribution in [3.05, 3.63) is 70.5 Å². The maximum absolute atomic E-state index is 13.4. The number of primary amides is 1. The maximum Gasteiger partial charge on any atom is 0.239 e. The van der Waals surface area contributed by atoms with E-state index in [0.29, 0.717) is 12.1 Å². The Morgan fingerprint density at radius 3 is 2.55 bits per heavy atom. The first kappa shape index (κ1) is 14.5. The molecule has 0 aliphatic carbocycles. The second kappa shape index (κ2) is 6.50. The molecule has 0 saturated heterocycles. The molecule has 0 heterocycles. The van der Waals surface area contributed by atoms with E-state index in [1.54, 1.807) is 0 Å². The summed E-state index contributed by atoms with van der Waals surface area (Å²) in [6, 6.07) is 12.7. The van der Waals surface area contributed by atoms with Crippen molar-refractivity contribution in [1.82, 2.24) is 5.32 Å². The third-order valence-electron chi connectivity index (χ3n) is 2.86. The summed E-state index contributed by atoms with van der Waals surface area (Å²) >= 11 is 5.80. The number of hydrogen-bond acceptors (Lipinski definition) is 2. The van der Waals surface area contributed by atoms with Gasteiger partial charge in [-0.3, -0.25) is 10.1 Å². The van der Waals surface area contributed by atoms with E-state index < -0.39 is 17.8 Å². The van der Waals surface area contributed by atoms with Gasteiger partial charge in [0.2, 0.25) is 5.91 Å². The van der Waals surface area contributed by atoms with Crippen LogP contribution < -0.4 is 11.1 Å². The SMILES string of the molecule is NC(=O)C(NCc1ccccc1)c1cc(F)cc(Cl)c1. The van der Waals surface area contributed by atoms with Gasteiger partial charge in [-0.15, -0.1) is 0 Å². The Kier molecular flexibility index (Phi) is 4.71. The third kappa shape index (κ3) is 3.79. The summed E-state index contributed by atoms with van der Waals surface area (Å²) < 4.78 is 13.4. The Bertz CT molecular complexity index is 584. The van der Waals surface area contributed by atoms with Gasteiger partial charge in [-0.25, -0.2) is 4.39 Å². The van der Waals surface area contributed by atoms with Gasteiger partial charge in [-0.1, -0.05) is 41.9 Å². The average molecular weight is 293 g/mol. The molecule has 2 rings (SSSR count). The summed E-state index contributed by atoms with van der Waals surface area (Å²) in [4.78, 5) is 11.5. The summed E-state index contributed by atoms with van der Waals surface area (Å²) in [6.45, 7) is 0.447. The Morgan fingerprint density at radius 1 is 1.25 bits per heavy atom. The van der Waals surface area contributed by atoms with Gasteiger partial charge in [-0.2, -0.15) is 0 Å². The van der Waals surface area contributed by atoms with Crippen molar-refractivity contribution in [3.63, 3.8) is 0 Å². The van der Waals surface area contributed by atoms with E-state index in [4.69, 9.17) is 17.3 Å². The lowest BCUT2D eigenvalue weighted by atomic mass is 10.1. The molecule has 20 heavy (non-hydrogen) atoms. The highest BCUT2D eigenvalue weighted by atomic mass is 35.5. The van der Waals surface area contributed by atoms with Crippen molar-refractivity contribution in [1.29, 1.82) is 0 Å². The van der Waals surface area contributed by atoms with E-state index in [1.165, 1.54) is 18.2 Å². The molecule has 1 amide bonds. The summed E-state index contributed by atoms with van der Waals surface area (Å²) in [5, 5.41) is 3.24. The predicted molar refractivity (Wildman–Crippen MR) is 76.6 cm³/mol. The van der Waals surface area contributed by atoms with Gasteiger partial charge in [0.05, 0.1) is 0 Å². The van der Waals surface area contributed by atoms with E-state index in [-0.39, 0.29) is 5.02 Å². The van der Waals surface area contributed by atoms with E-state index in [2.05, 4.69) is 5.32 Å². The zero-order valence-corrected chi connectivity index (χ0v) is 11.4. The predicted octanol–water partition coefficient (Wildman–Crippen LogP) is 2.80. The largest absolute Gasteiger partial charge is 0.368 e. The van der Waals surface area contributed by atoms with Crippen molar-refractivity contribution in [3.8, 4) is 0 Å². The molecule has 3 nitrogen and oxygen atoms in total. The molecular weight excluding hydrogens is 279 g/mol. The van der Waals surface area contributed by atoms with Gasteiger partial charge in [0, 0.05) is 11.6 Å². The number of halogens is 2. The zero-order chi connectivity index (χ0) is 14.5. The lowest BCUT2D eigenvalue weighted by molar-refractivity contribution is -0.120. The summed E-state index contributed by atoms with van der Waals surface area (Å²) in [7, 11) is 0. The summed E-state index contributed by atoms with van der Waals surface area (Å²) in [6.07, 6.45) is 0. The number of hydrogen-bond donors (Lipinski definition) is 2. The molecule has 5 heteroatoms. The number of carbonyl (C=O) groups is 1. The molecule has 2 aromatic carbocycles. The van der Waals surface area contributed by atoms with Crippen LogP contribution in [0, 0.1) is 5.82 Å². The first-order valence-electron chi connectivity index (χ1n) is 6.09. The fraction of sp³-hybridized carbons (Fsp3) is 0.133. The normalized spacial score (nSPS) is 12.1. The molecule has 0 saturated carbocycles. The van der Waals surface area contributed by atoms with Crippen LogP contribution in [0.1, 0.15) is 17.2 Å². The van der Waals surface area contributed by atoms with Crippen molar-refractivity contribution >= 4 is 17.5 Å². The van der Waals surface area contributed by atoms with Gasteiger partial charge in [0.25, 0.3) is 0 Å². The second-order valence-electron chi connectivity index (χ2n) is 4.40. The van der Waals surface area contributed by atoms with Crippen molar-refractivity contribution < 1.29 is 9.18 Å². The van der Waals surface area contributed by atoms with Gasteiger partial charge >= 0.3 is 0 Å². The first-order chi connectivity index (χ1) is 9.56. The van der Waals surface area contributed by atoms with Crippen LogP contribution in [0.5, 0.6) is 0 Å². The van der Waals surface area contributed by atoms with E-state index in [1.807, 2.05) is 30.3 Å². The fourth-order valence-electron chi connectivity index (χ4n) is 1.94. The molecule has 0 radical (unpaired) electrons. The molecule has 2 aromatic rings. The highest BCUT2D eigenvalue weighted by Crippen LogP contribution is 2.20. The molecule has 3 N–H and O–H groups in total. The van der Waals surface area contributed by atoms with Gasteiger partial charge in [-0.05, 0) is 29.3 Å². The molecule has 0 spiro atoms. The average Bonchev–Trinajstić information content (AvgIpc) is 2.38. The van der Waals surface area contributed by atoms with Gasteiger partial charge in [0.1, 0.15) is 11.9 Å². The van der Waals surface area contributed by atoms with Crippen molar-refractivity contribution in [2.45, 2.75) is 12.6 Å². The summed E-state index contributed by atoms with van der Waals surface area (Å²) in [5.74, 6) is -1.08.